The highest BCUT2D eigenvalue weighted by Gasteiger charge is 2.35. The number of ether oxygens (including phenoxy) is 1. The Bertz CT molecular complexity index is 819. The molecule has 0 aliphatic heterocycles. The topological polar surface area (TPSA) is 129 Å². The maximum Gasteiger partial charge on any atom is 0.408 e. The SMILES string of the molecule is CC(C)(C)OC(=O)NC1(/C=N/NC(=O)c2ccc(/C=C/C(=O)NO)cc2)CCCC1. The van der Waals surface area contributed by atoms with Crippen LogP contribution in [0, 0.1) is 0 Å². The molecule has 1 aromatic rings. The summed E-state index contributed by atoms with van der Waals surface area (Å²) < 4.78 is 5.33. The Morgan fingerprint density at radius 2 is 1.77 bits per heavy atom. The van der Waals surface area contributed by atoms with E-state index in [1.807, 2.05) is 0 Å². The van der Waals surface area contributed by atoms with Gasteiger partial charge in [-0.05, 0) is 57.4 Å². The number of benzene rings is 1. The summed E-state index contributed by atoms with van der Waals surface area (Å²) in [6.45, 7) is 5.39. The smallest absolute Gasteiger partial charge is 0.408 e. The minimum atomic E-state index is -0.646. The van der Waals surface area contributed by atoms with E-state index in [9.17, 15) is 14.4 Å². The van der Waals surface area contributed by atoms with Crippen molar-refractivity contribution >= 4 is 30.2 Å². The highest BCUT2D eigenvalue weighted by molar-refractivity contribution is 5.95. The molecule has 0 aromatic heterocycles. The summed E-state index contributed by atoms with van der Waals surface area (Å²) in [5.74, 6) is -1.05. The van der Waals surface area contributed by atoms with Gasteiger partial charge in [0.05, 0.1) is 11.8 Å². The molecule has 0 spiro atoms. The van der Waals surface area contributed by atoms with Crippen molar-refractivity contribution < 1.29 is 24.3 Å². The monoisotopic (exact) mass is 416 g/mol. The highest BCUT2D eigenvalue weighted by atomic mass is 16.6. The van der Waals surface area contributed by atoms with Crippen molar-refractivity contribution in [1.82, 2.24) is 16.2 Å². The van der Waals surface area contributed by atoms with Gasteiger partial charge in [-0.15, -0.1) is 0 Å². The molecule has 162 valence electrons. The molecule has 30 heavy (non-hydrogen) atoms. The lowest BCUT2D eigenvalue weighted by Crippen LogP contribution is -2.49. The summed E-state index contributed by atoms with van der Waals surface area (Å²) in [6.07, 6.45) is 7.03. The predicted molar refractivity (Wildman–Crippen MR) is 112 cm³/mol. The van der Waals surface area contributed by atoms with Gasteiger partial charge < -0.3 is 10.1 Å². The maximum atomic E-state index is 12.3. The number of rotatable bonds is 6. The quantitative estimate of drug-likeness (QED) is 0.245. The van der Waals surface area contributed by atoms with Crippen LogP contribution in [0.4, 0.5) is 4.79 Å². The van der Waals surface area contributed by atoms with Gasteiger partial charge in [-0.25, -0.2) is 15.7 Å². The molecular formula is C21H28N4O5. The van der Waals surface area contributed by atoms with Gasteiger partial charge in [0.15, 0.2) is 0 Å². The summed E-state index contributed by atoms with van der Waals surface area (Å²) in [7, 11) is 0. The molecule has 1 saturated carbocycles. The Labute approximate surface area is 175 Å². The van der Waals surface area contributed by atoms with Crippen molar-refractivity contribution in [3.8, 4) is 0 Å². The number of hydrogen-bond acceptors (Lipinski definition) is 6. The highest BCUT2D eigenvalue weighted by Crippen LogP contribution is 2.28. The van der Waals surface area contributed by atoms with Crippen molar-refractivity contribution in [2.24, 2.45) is 5.10 Å². The molecule has 0 bridgehead atoms. The molecule has 4 N–H and O–H groups in total. The Hall–Kier alpha value is -3.20. The van der Waals surface area contributed by atoms with E-state index >= 15 is 0 Å². The Kier molecular flexibility index (Phi) is 7.71. The molecule has 3 amide bonds. The molecule has 1 fully saturated rings. The van der Waals surface area contributed by atoms with Gasteiger partial charge in [0, 0.05) is 11.6 Å². The zero-order chi connectivity index (χ0) is 22.2. The average Bonchev–Trinajstić information content (AvgIpc) is 3.13. The van der Waals surface area contributed by atoms with Gasteiger partial charge in [-0.3, -0.25) is 14.8 Å². The minimum Gasteiger partial charge on any atom is -0.444 e. The molecule has 1 aliphatic carbocycles. The van der Waals surface area contributed by atoms with Crippen LogP contribution in [-0.4, -0.2) is 40.5 Å². The van der Waals surface area contributed by atoms with E-state index in [1.54, 1.807) is 51.3 Å². The number of nitrogens with zero attached hydrogens (tertiary/aromatic N) is 1. The first-order chi connectivity index (χ1) is 14.1. The van der Waals surface area contributed by atoms with E-state index in [-0.39, 0.29) is 0 Å². The summed E-state index contributed by atoms with van der Waals surface area (Å²) in [6, 6.07) is 6.49. The van der Waals surface area contributed by atoms with Crippen LogP contribution in [0.3, 0.4) is 0 Å². The molecule has 0 heterocycles. The van der Waals surface area contributed by atoms with Crippen LogP contribution in [0.5, 0.6) is 0 Å². The number of hydrogen-bond donors (Lipinski definition) is 4. The van der Waals surface area contributed by atoms with Crippen molar-refractivity contribution in [3.05, 3.63) is 41.5 Å². The fourth-order valence-electron chi connectivity index (χ4n) is 3.03. The fourth-order valence-corrected chi connectivity index (χ4v) is 3.03. The van der Waals surface area contributed by atoms with Gasteiger partial charge in [0.1, 0.15) is 5.60 Å². The van der Waals surface area contributed by atoms with E-state index in [0.29, 0.717) is 24.0 Å². The van der Waals surface area contributed by atoms with Crippen molar-refractivity contribution in [2.45, 2.75) is 57.6 Å². The van der Waals surface area contributed by atoms with Gasteiger partial charge in [0.2, 0.25) is 0 Å². The van der Waals surface area contributed by atoms with Gasteiger partial charge >= 0.3 is 6.09 Å². The number of hydrazone groups is 1. The zero-order valence-electron chi connectivity index (χ0n) is 17.4. The molecule has 9 nitrogen and oxygen atoms in total. The number of nitrogens with one attached hydrogen (secondary N) is 3. The fraction of sp³-hybridized carbons (Fsp3) is 0.429. The first-order valence-electron chi connectivity index (χ1n) is 9.70. The number of carbonyl (C=O) groups is 3. The molecule has 0 radical (unpaired) electrons. The van der Waals surface area contributed by atoms with Crippen LogP contribution >= 0.6 is 0 Å². The maximum absolute atomic E-state index is 12.3. The first kappa shape index (κ1) is 23.1. The molecule has 1 aromatic carbocycles. The van der Waals surface area contributed by atoms with E-state index < -0.39 is 29.0 Å². The van der Waals surface area contributed by atoms with Crippen molar-refractivity contribution in [1.29, 1.82) is 0 Å². The molecule has 9 heteroatoms. The van der Waals surface area contributed by atoms with E-state index in [4.69, 9.17) is 9.94 Å². The minimum absolute atomic E-state index is 0.386. The van der Waals surface area contributed by atoms with Crippen molar-refractivity contribution in [3.63, 3.8) is 0 Å². The second-order valence-electron chi connectivity index (χ2n) is 8.12. The van der Waals surface area contributed by atoms with Crippen LogP contribution in [0.25, 0.3) is 6.08 Å². The summed E-state index contributed by atoms with van der Waals surface area (Å²) in [4.78, 5) is 35.4. The Balaban J connectivity index is 1.96. The third-order valence-electron chi connectivity index (χ3n) is 4.43. The number of hydroxylamine groups is 1. The lowest BCUT2D eigenvalue weighted by molar-refractivity contribution is -0.124. The predicted octanol–water partition coefficient (Wildman–Crippen LogP) is 2.76. The Morgan fingerprint density at radius 1 is 1.13 bits per heavy atom. The molecule has 0 unspecified atom stereocenters. The summed E-state index contributed by atoms with van der Waals surface area (Å²) in [5.41, 5.74) is 3.80. The summed E-state index contributed by atoms with van der Waals surface area (Å²) >= 11 is 0. The third-order valence-corrected chi connectivity index (χ3v) is 4.43. The second-order valence-corrected chi connectivity index (χ2v) is 8.12. The molecule has 0 atom stereocenters. The van der Waals surface area contributed by atoms with Crippen LogP contribution in [-0.2, 0) is 9.53 Å². The van der Waals surface area contributed by atoms with Gasteiger partial charge in [-0.2, -0.15) is 5.10 Å². The zero-order valence-corrected chi connectivity index (χ0v) is 17.4. The number of alkyl carbamates (subject to hydrolysis) is 1. The van der Waals surface area contributed by atoms with Crippen LogP contribution in [0.2, 0.25) is 0 Å². The van der Waals surface area contributed by atoms with E-state index in [1.165, 1.54) is 11.6 Å². The molecule has 1 aliphatic rings. The summed E-state index contributed by atoms with van der Waals surface area (Å²) in [5, 5.41) is 15.4. The van der Waals surface area contributed by atoms with Crippen LogP contribution < -0.4 is 16.2 Å². The van der Waals surface area contributed by atoms with Gasteiger partial charge in [-0.1, -0.05) is 25.0 Å². The van der Waals surface area contributed by atoms with Gasteiger partial charge in [0.25, 0.3) is 11.8 Å². The largest absolute Gasteiger partial charge is 0.444 e. The standard InChI is InChI=1S/C21H28N4O5/c1-20(2,3)30-19(28)23-21(12-4-5-13-21)14-22-24-18(27)16-9-6-15(7-10-16)8-11-17(26)25-29/h6-11,14,29H,4-5,12-13H2,1-3H3,(H,23,28)(H,24,27)(H,25,26)/b11-8+,22-14+. The first-order valence-corrected chi connectivity index (χ1v) is 9.70. The van der Waals surface area contributed by atoms with Crippen LogP contribution in [0.1, 0.15) is 62.4 Å². The number of carbonyl (C=O) groups excluding carboxylic acids is 3. The average molecular weight is 416 g/mol. The van der Waals surface area contributed by atoms with Crippen LogP contribution in [0.15, 0.2) is 35.4 Å². The third kappa shape index (κ3) is 7.32. The number of amides is 3. The molecule has 2 rings (SSSR count). The molecular weight excluding hydrogens is 388 g/mol. The second kappa shape index (κ2) is 10.0. The van der Waals surface area contributed by atoms with E-state index in [0.717, 1.165) is 18.9 Å². The lowest BCUT2D eigenvalue weighted by Gasteiger charge is -2.28. The van der Waals surface area contributed by atoms with Crippen molar-refractivity contribution in [2.75, 3.05) is 0 Å². The Morgan fingerprint density at radius 3 is 2.33 bits per heavy atom. The lowest BCUT2D eigenvalue weighted by atomic mass is 10.00. The molecule has 0 saturated heterocycles. The van der Waals surface area contributed by atoms with E-state index in [2.05, 4.69) is 15.8 Å². The normalized spacial score (nSPS) is 15.9.